The summed E-state index contributed by atoms with van der Waals surface area (Å²) in [6.07, 6.45) is 9.43. The van der Waals surface area contributed by atoms with Crippen molar-refractivity contribution in [3.63, 3.8) is 0 Å². The standard InChI is InChI=1S/C11H24OSi/c1-3-5-6-7-8-9-10-12-13-11-4-2/h3-11H2,1-2H3. The highest BCUT2D eigenvalue weighted by Crippen LogP contribution is 2.04. The van der Waals surface area contributed by atoms with E-state index in [0.717, 1.165) is 16.4 Å². The first-order valence-electron chi connectivity index (χ1n) is 5.76. The summed E-state index contributed by atoms with van der Waals surface area (Å²) in [5.74, 6) is 0. The molecule has 0 rings (SSSR count). The Bertz CT molecular complexity index is 76.2. The number of rotatable bonds is 10. The van der Waals surface area contributed by atoms with E-state index in [2.05, 4.69) is 13.8 Å². The largest absolute Gasteiger partial charge is 0.417 e. The Kier molecular flexibility index (Phi) is 12.3. The van der Waals surface area contributed by atoms with Crippen molar-refractivity contribution in [3.05, 3.63) is 0 Å². The lowest BCUT2D eigenvalue weighted by Gasteiger charge is -2.01. The van der Waals surface area contributed by atoms with Crippen molar-refractivity contribution in [1.82, 2.24) is 0 Å². The Morgan fingerprint density at radius 2 is 1.54 bits per heavy atom. The molecule has 0 saturated heterocycles. The molecule has 0 aliphatic heterocycles. The molecule has 0 aromatic carbocycles. The van der Waals surface area contributed by atoms with E-state index in [-0.39, 0.29) is 0 Å². The van der Waals surface area contributed by atoms with Gasteiger partial charge in [0.1, 0.15) is 0 Å². The number of unbranched alkanes of at least 4 members (excludes halogenated alkanes) is 5. The molecule has 0 saturated carbocycles. The summed E-state index contributed by atoms with van der Waals surface area (Å²) in [6, 6.07) is 1.25. The van der Waals surface area contributed by atoms with E-state index in [1.165, 1.54) is 51.0 Å². The molecule has 0 aliphatic carbocycles. The van der Waals surface area contributed by atoms with Gasteiger partial charge in [-0.1, -0.05) is 52.4 Å². The first kappa shape index (κ1) is 13.2. The summed E-state index contributed by atoms with van der Waals surface area (Å²) < 4.78 is 5.51. The highest BCUT2D eigenvalue weighted by molar-refractivity contribution is 6.26. The molecule has 0 N–H and O–H groups in total. The third-order valence-corrected chi connectivity index (χ3v) is 3.17. The normalized spacial score (nSPS) is 10.6. The van der Waals surface area contributed by atoms with Gasteiger partial charge in [0.15, 0.2) is 0 Å². The fourth-order valence-corrected chi connectivity index (χ4v) is 1.84. The summed E-state index contributed by atoms with van der Waals surface area (Å²) in [5.41, 5.74) is 0. The predicted molar refractivity (Wildman–Crippen MR) is 60.2 cm³/mol. The summed E-state index contributed by atoms with van der Waals surface area (Å²) in [5, 5.41) is 0. The molecule has 1 nitrogen and oxygen atoms in total. The quantitative estimate of drug-likeness (QED) is 0.385. The van der Waals surface area contributed by atoms with Gasteiger partial charge in [-0.3, -0.25) is 0 Å². The monoisotopic (exact) mass is 200 g/mol. The van der Waals surface area contributed by atoms with Crippen LogP contribution in [0.2, 0.25) is 6.04 Å². The molecule has 0 atom stereocenters. The third-order valence-electron chi connectivity index (χ3n) is 2.05. The van der Waals surface area contributed by atoms with Crippen molar-refractivity contribution in [2.75, 3.05) is 6.61 Å². The van der Waals surface area contributed by atoms with E-state index in [1.54, 1.807) is 0 Å². The maximum Gasteiger partial charge on any atom is 0.229 e. The van der Waals surface area contributed by atoms with Crippen molar-refractivity contribution in [3.8, 4) is 0 Å². The van der Waals surface area contributed by atoms with Crippen LogP contribution in [-0.4, -0.2) is 16.4 Å². The van der Waals surface area contributed by atoms with Crippen LogP contribution in [0, 0.1) is 0 Å². The fraction of sp³-hybridized carbons (Fsp3) is 1.00. The summed E-state index contributed by atoms with van der Waals surface area (Å²) in [4.78, 5) is 0. The molecule has 78 valence electrons. The van der Waals surface area contributed by atoms with Crippen molar-refractivity contribution >= 4 is 9.76 Å². The lowest BCUT2D eigenvalue weighted by molar-refractivity contribution is 0.319. The Labute approximate surface area is 86.2 Å². The van der Waals surface area contributed by atoms with Crippen LogP contribution in [0.5, 0.6) is 0 Å². The van der Waals surface area contributed by atoms with Crippen LogP contribution in [0.1, 0.15) is 58.8 Å². The Morgan fingerprint density at radius 1 is 0.846 bits per heavy atom. The van der Waals surface area contributed by atoms with Gasteiger partial charge >= 0.3 is 0 Å². The van der Waals surface area contributed by atoms with E-state index in [9.17, 15) is 0 Å². The second-order valence-corrected chi connectivity index (χ2v) is 4.59. The minimum atomic E-state index is 0.744. The molecule has 0 aromatic heterocycles. The van der Waals surface area contributed by atoms with E-state index < -0.39 is 0 Å². The molecule has 0 amide bonds. The molecule has 2 radical (unpaired) electrons. The molecule has 0 aromatic rings. The third kappa shape index (κ3) is 12.2. The topological polar surface area (TPSA) is 9.23 Å². The zero-order valence-corrected chi connectivity index (χ0v) is 10.3. The van der Waals surface area contributed by atoms with Crippen LogP contribution in [0.25, 0.3) is 0 Å². The molecule has 0 fully saturated rings. The lowest BCUT2D eigenvalue weighted by atomic mass is 10.1. The van der Waals surface area contributed by atoms with Crippen LogP contribution < -0.4 is 0 Å². The average molecular weight is 200 g/mol. The molecular formula is C11H24OSi. The molecule has 0 aliphatic rings. The van der Waals surface area contributed by atoms with Gasteiger partial charge in [0.25, 0.3) is 0 Å². The molecule has 0 spiro atoms. The Hall–Kier alpha value is 0.177. The second-order valence-electron chi connectivity index (χ2n) is 3.51. The van der Waals surface area contributed by atoms with Crippen LogP contribution in [-0.2, 0) is 4.43 Å². The Morgan fingerprint density at radius 3 is 2.23 bits per heavy atom. The zero-order chi connectivity index (χ0) is 9.78. The highest BCUT2D eigenvalue weighted by atomic mass is 28.2. The van der Waals surface area contributed by atoms with Gasteiger partial charge in [-0.05, 0) is 12.5 Å². The van der Waals surface area contributed by atoms with Crippen molar-refractivity contribution < 1.29 is 4.43 Å². The average Bonchev–Trinajstić information content (AvgIpc) is 2.16. The van der Waals surface area contributed by atoms with Crippen molar-refractivity contribution in [2.45, 2.75) is 64.8 Å². The fourth-order valence-electron chi connectivity index (χ4n) is 1.20. The summed E-state index contributed by atoms with van der Waals surface area (Å²) in [7, 11) is 0.744. The molecule has 0 bridgehead atoms. The van der Waals surface area contributed by atoms with Crippen molar-refractivity contribution in [1.29, 1.82) is 0 Å². The predicted octanol–water partition coefficient (Wildman–Crippen LogP) is 3.81. The minimum Gasteiger partial charge on any atom is -0.417 e. The van der Waals surface area contributed by atoms with Crippen molar-refractivity contribution in [2.24, 2.45) is 0 Å². The van der Waals surface area contributed by atoms with Crippen LogP contribution in [0.3, 0.4) is 0 Å². The maximum atomic E-state index is 5.51. The molecule has 13 heavy (non-hydrogen) atoms. The van der Waals surface area contributed by atoms with Gasteiger partial charge in [0.2, 0.25) is 9.76 Å². The van der Waals surface area contributed by atoms with Crippen LogP contribution >= 0.6 is 0 Å². The second kappa shape index (κ2) is 12.2. The molecule has 0 heterocycles. The minimum absolute atomic E-state index is 0.744. The Balaban J connectivity index is 2.76. The van der Waals surface area contributed by atoms with E-state index >= 15 is 0 Å². The molecular weight excluding hydrogens is 176 g/mol. The van der Waals surface area contributed by atoms with Gasteiger partial charge in [-0.2, -0.15) is 0 Å². The molecule has 2 heteroatoms. The van der Waals surface area contributed by atoms with Gasteiger partial charge in [0.05, 0.1) is 0 Å². The van der Waals surface area contributed by atoms with E-state index in [4.69, 9.17) is 4.43 Å². The first-order chi connectivity index (χ1) is 6.41. The van der Waals surface area contributed by atoms with Gasteiger partial charge < -0.3 is 4.43 Å². The van der Waals surface area contributed by atoms with E-state index in [1.807, 2.05) is 0 Å². The highest BCUT2D eigenvalue weighted by Gasteiger charge is 1.91. The zero-order valence-electron chi connectivity index (χ0n) is 9.27. The van der Waals surface area contributed by atoms with Gasteiger partial charge in [-0.25, -0.2) is 0 Å². The maximum absolute atomic E-state index is 5.51. The van der Waals surface area contributed by atoms with Crippen LogP contribution in [0.15, 0.2) is 0 Å². The molecule has 0 unspecified atom stereocenters. The lowest BCUT2D eigenvalue weighted by Crippen LogP contribution is -1.99. The first-order valence-corrected chi connectivity index (χ1v) is 6.88. The van der Waals surface area contributed by atoms with Crippen LogP contribution in [0.4, 0.5) is 0 Å². The summed E-state index contributed by atoms with van der Waals surface area (Å²) in [6.45, 7) is 5.46. The summed E-state index contributed by atoms with van der Waals surface area (Å²) >= 11 is 0. The number of hydrogen-bond acceptors (Lipinski definition) is 1. The van der Waals surface area contributed by atoms with E-state index in [0.29, 0.717) is 0 Å². The van der Waals surface area contributed by atoms with Gasteiger partial charge in [-0.15, -0.1) is 0 Å². The number of hydrogen-bond donors (Lipinski definition) is 0. The smallest absolute Gasteiger partial charge is 0.229 e. The van der Waals surface area contributed by atoms with Gasteiger partial charge in [0, 0.05) is 6.61 Å². The SMILES string of the molecule is CCCCCCCCO[Si]CCC.